The summed E-state index contributed by atoms with van der Waals surface area (Å²) >= 11 is 0. The van der Waals surface area contributed by atoms with Crippen LogP contribution in [0, 0.1) is 12.7 Å². The maximum absolute atomic E-state index is 13.8. The van der Waals surface area contributed by atoms with Gasteiger partial charge in [-0.15, -0.1) is 0 Å². The smallest absolute Gasteiger partial charge is 0.146 e. The van der Waals surface area contributed by atoms with E-state index in [1.165, 1.54) is 17.3 Å². The number of fused-ring (bicyclic) bond motifs is 1. The first-order chi connectivity index (χ1) is 9.15. The predicted octanol–water partition coefficient (Wildman–Crippen LogP) is 3.36. The quantitative estimate of drug-likeness (QED) is 0.896. The first-order valence-electron chi connectivity index (χ1n) is 6.68. The van der Waals surface area contributed by atoms with Crippen molar-refractivity contribution >= 4 is 5.69 Å². The van der Waals surface area contributed by atoms with E-state index < -0.39 is 0 Å². The van der Waals surface area contributed by atoms with Crippen LogP contribution in [0.1, 0.15) is 35.7 Å². The number of nitrogens with zero attached hydrogens (tertiary/aromatic N) is 2. The molecule has 0 saturated heterocycles. The summed E-state index contributed by atoms with van der Waals surface area (Å²) in [7, 11) is 1.97. The Bertz CT molecular complexity index is 603. The monoisotopic (exact) mass is 259 g/mol. The largest absolute Gasteiger partial charge is 0.376 e. The van der Waals surface area contributed by atoms with E-state index in [-0.39, 0.29) is 11.9 Å². The van der Waals surface area contributed by atoms with Crippen molar-refractivity contribution in [3.8, 4) is 0 Å². The van der Waals surface area contributed by atoms with Gasteiger partial charge in [0.15, 0.2) is 0 Å². The van der Waals surface area contributed by atoms with Gasteiger partial charge in [-0.3, -0.25) is 4.68 Å². The van der Waals surface area contributed by atoms with Gasteiger partial charge in [0.1, 0.15) is 5.82 Å². The Hall–Kier alpha value is -1.84. The van der Waals surface area contributed by atoms with Crippen molar-refractivity contribution in [3.63, 3.8) is 0 Å². The van der Waals surface area contributed by atoms with Crippen LogP contribution in [-0.4, -0.2) is 9.78 Å². The standard InChI is InChI=1S/C15H18FN3/c1-10-6-7-12(16)14(8-10)18-13-4-3-5-15-11(13)9-17-19(15)2/h6-9,13,18H,3-5H2,1-2H3. The fourth-order valence-corrected chi connectivity index (χ4v) is 2.79. The molecule has 0 bridgehead atoms. The van der Waals surface area contributed by atoms with Crippen LogP contribution in [0.25, 0.3) is 0 Å². The van der Waals surface area contributed by atoms with Crippen LogP contribution < -0.4 is 5.32 Å². The van der Waals surface area contributed by atoms with Crippen LogP contribution in [0.15, 0.2) is 24.4 Å². The van der Waals surface area contributed by atoms with E-state index in [0.717, 1.165) is 24.8 Å². The zero-order chi connectivity index (χ0) is 13.4. The Kier molecular flexibility index (Phi) is 3.01. The summed E-state index contributed by atoms with van der Waals surface area (Å²) < 4.78 is 15.7. The lowest BCUT2D eigenvalue weighted by atomic mass is 9.92. The molecule has 0 fully saturated rings. The van der Waals surface area contributed by atoms with Gasteiger partial charge in [0.05, 0.1) is 17.9 Å². The summed E-state index contributed by atoms with van der Waals surface area (Å²) in [6.45, 7) is 1.97. The van der Waals surface area contributed by atoms with Crippen LogP contribution >= 0.6 is 0 Å². The second-order valence-corrected chi connectivity index (χ2v) is 5.24. The Morgan fingerprint density at radius 3 is 3.11 bits per heavy atom. The van der Waals surface area contributed by atoms with E-state index in [4.69, 9.17) is 0 Å². The van der Waals surface area contributed by atoms with Crippen molar-refractivity contribution < 1.29 is 4.39 Å². The summed E-state index contributed by atoms with van der Waals surface area (Å²) in [5, 5.41) is 7.64. The molecule has 19 heavy (non-hydrogen) atoms. The highest BCUT2D eigenvalue weighted by atomic mass is 19.1. The molecule has 1 N–H and O–H groups in total. The molecule has 1 aromatic heterocycles. The normalized spacial score (nSPS) is 18.2. The zero-order valence-corrected chi connectivity index (χ0v) is 11.3. The molecule has 1 aromatic carbocycles. The molecular formula is C15H18FN3. The number of hydrogen-bond donors (Lipinski definition) is 1. The highest BCUT2D eigenvalue weighted by Gasteiger charge is 2.23. The van der Waals surface area contributed by atoms with Gasteiger partial charge in [-0.25, -0.2) is 4.39 Å². The van der Waals surface area contributed by atoms with Crippen LogP contribution in [0.4, 0.5) is 10.1 Å². The molecule has 1 atom stereocenters. The van der Waals surface area contributed by atoms with E-state index in [0.29, 0.717) is 5.69 Å². The van der Waals surface area contributed by atoms with E-state index >= 15 is 0 Å². The molecule has 1 aliphatic rings. The zero-order valence-electron chi connectivity index (χ0n) is 11.3. The minimum absolute atomic E-state index is 0.161. The summed E-state index contributed by atoms with van der Waals surface area (Å²) in [6, 6.07) is 5.33. The van der Waals surface area contributed by atoms with Crippen LogP contribution in [0.2, 0.25) is 0 Å². The Labute approximate surface area is 112 Å². The number of aromatic nitrogens is 2. The van der Waals surface area contributed by atoms with Gasteiger partial charge in [-0.1, -0.05) is 6.07 Å². The van der Waals surface area contributed by atoms with E-state index in [2.05, 4.69) is 10.4 Å². The number of rotatable bonds is 2. The molecule has 4 heteroatoms. The molecule has 3 rings (SSSR count). The lowest BCUT2D eigenvalue weighted by Gasteiger charge is -2.25. The molecule has 2 aromatic rings. The van der Waals surface area contributed by atoms with Gasteiger partial charge in [-0.05, 0) is 43.9 Å². The maximum atomic E-state index is 13.8. The average Bonchev–Trinajstić information content (AvgIpc) is 2.77. The van der Waals surface area contributed by atoms with Gasteiger partial charge in [0, 0.05) is 18.3 Å². The molecule has 0 radical (unpaired) electrons. The molecule has 0 spiro atoms. The van der Waals surface area contributed by atoms with Gasteiger partial charge in [-0.2, -0.15) is 5.10 Å². The molecule has 3 nitrogen and oxygen atoms in total. The predicted molar refractivity (Wildman–Crippen MR) is 73.6 cm³/mol. The minimum Gasteiger partial charge on any atom is -0.376 e. The first-order valence-corrected chi connectivity index (χ1v) is 6.68. The Morgan fingerprint density at radius 1 is 1.42 bits per heavy atom. The van der Waals surface area contributed by atoms with Crippen molar-refractivity contribution in [3.05, 3.63) is 47.0 Å². The van der Waals surface area contributed by atoms with Crippen molar-refractivity contribution in [1.82, 2.24) is 9.78 Å². The second-order valence-electron chi connectivity index (χ2n) is 5.24. The Balaban J connectivity index is 1.90. The molecule has 1 heterocycles. The number of aryl methyl sites for hydroxylation is 2. The van der Waals surface area contributed by atoms with Gasteiger partial charge < -0.3 is 5.32 Å². The molecule has 1 unspecified atom stereocenters. The summed E-state index contributed by atoms with van der Waals surface area (Å²) in [5.74, 6) is -0.193. The highest BCUT2D eigenvalue weighted by Crippen LogP contribution is 2.32. The molecule has 0 saturated carbocycles. The van der Waals surface area contributed by atoms with Crippen LogP contribution in [-0.2, 0) is 13.5 Å². The lowest BCUT2D eigenvalue weighted by molar-refractivity contribution is 0.564. The lowest BCUT2D eigenvalue weighted by Crippen LogP contribution is -2.18. The van der Waals surface area contributed by atoms with Crippen LogP contribution in [0.3, 0.4) is 0 Å². The summed E-state index contributed by atoms with van der Waals surface area (Å²) in [6.07, 6.45) is 5.09. The van der Waals surface area contributed by atoms with E-state index in [9.17, 15) is 4.39 Å². The summed E-state index contributed by atoms with van der Waals surface area (Å²) in [4.78, 5) is 0. The molecular weight excluding hydrogens is 241 g/mol. The van der Waals surface area contributed by atoms with Gasteiger partial charge in [0.2, 0.25) is 0 Å². The van der Waals surface area contributed by atoms with Crippen LogP contribution in [0.5, 0.6) is 0 Å². The molecule has 0 amide bonds. The number of nitrogens with one attached hydrogen (secondary N) is 1. The third kappa shape index (κ3) is 2.23. The SMILES string of the molecule is Cc1ccc(F)c(NC2CCCc3c2cnn3C)c1. The van der Waals surface area contributed by atoms with Crippen molar-refractivity contribution in [2.24, 2.45) is 7.05 Å². The van der Waals surface area contributed by atoms with E-state index in [1.54, 1.807) is 6.07 Å². The fourth-order valence-electron chi connectivity index (χ4n) is 2.79. The number of hydrogen-bond acceptors (Lipinski definition) is 2. The average molecular weight is 259 g/mol. The Morgan fingerprint density at radius 2 is 2.26 bits per heavy atom. The van der Waals surface area contributed by atoms with Crippen molar-refractivity contribution in [2.75, 3.05) is 5.32 Å². The maximum Gasteiger partial charge on any atom is 0.146 e. The summed E-state index contributed by atoms with van der Waals surface area (Å²) in [5.41, 5.74) is 4.11. The molecule has 0 aliphatic heterocycles. The number of anilines is 1. The van der Waals surface area contributed by atoms with Crippen molar-refractivity contribution in [2.45, 2.75) is 32.2 Å². The molecule has 1 aliphatic carbocycles. The van der Waals surface area contributed by atoms with Gasteiger partial charge in [0.25, 0.3) is 0 Å². The molecule has 100 valence electrons. The first kappa shape index (κ1) is 12.2. The second kappa shape index (κ2) is 4.68. The number of halogens is 1. The highest BCUT2D eigenvalue weighted by molar-refractivity contribution is 5.49. The third-order valence-electron chi connectivity index (χ3n) is 3.83. The topological polar surface area (TPSA) is 29.9 Å². The number of benzene rings is 1. The fraction of sp³-hybridized carbons (Fsp3) is 0.400. The van der Waals surface area contributed by atoms with Gasteiger partial charge >= 0.3 is 0 Å². The third-order valence-corrected chi connectivity index (χ3v) is 3.83. The van der Waals surface area contributed by atoms with E-state index in [1.807, 2.05) is 30.9 Å². The van der Waals surface area contributed by atoms with Crippen molar-refractivity contribution in [1.29, 1.82) is 0 Å². The minimum atomic E-state index is -0.193.